The quantitative estimate of drug-likeness (QED) is 0.761. The number of amides is 1. The molecule has 4 rings (SSSR count). The fourth-order valence-electron chi connectivity index (χ4n) is 3.24. The number of aromatic amines is 1. The summed E-state index contributed by atoms with van der Waals surface area (Å²) in [5, 5.41) is 3.62. The number of carbonyl (C=O) groups is 1. The number of fused-ring (bicyclic) bond motifs is 2. The first-order valence-electron chi connectivity index (χ1n) is 7.86. The van der Waals surface area contributed by atoms with E-state index in [9.17, 15) is 9.18 Å². The molecule has 0 saturated carbocycles. The molecule has 23 heavy (non-hydrogen) atoms. The lowest BCUT2D eigenvalue weighted by Crippen LogP contribution is -2.23. The van der Waals surface area contributed by atoms with Crippen LogP contribution >= 0.6 is 0 Å². The average molecular weight is 308 g/mol. The molecule has 3 nitrogen and oxygen atoms in total. The summed E-state index contributed by atoms with van der Waals surface area (Å²) >= 11 is 0. The van der Waals surface area contributed by atoms with Gasteiger partial charge in [-0.2, -0.15) is 0 Å². The first kappa shape index (κ1) is 14.0. The Morgan fingerprint density at radius 2 is 1.96 bits per heavy atom. The summed E-state index contributed by atoms with van der Waals surface area (Å²) in [6.07, 6.45) is 3.51. The van der Waals surface area contributed by atoms with Crippen molar-refractivity contribution >= 4 is 16.8 Å². The molecule has 2 N–H and O–H groups in total. The van der Waals surface area contributed by atoms with Gasteiger partial charge in [0.05, 0.1) is 0 Å². The molecule has 1 aliphatic rings. The summed E-state index contributed by atoms with van der Waals surface area (Å²) in [5.41, 5.74) is 5.15. The number of carbonyl (C=O) groups excluding carboxylic acids is 1. The van der Waals surface area contributed by atoms with E-state index < -0.39 is 0 Å². The van der Waals surface area contributed by atoms with Crippen LogP contribution in [0.15, 0.2) is 42.5 Å². The Morgan fingerprint density at radius 3 is 2.87 bits per heavy atom. The van der Waals surface area contributed by atoms with Gasteiger partial charge in [-0.3, -0.25) is 4.79 Å². The summed E-state index contributed by atoms with van der Waals surface area (Å²) < 4.78 is 13.2. The first-order valence-corrected chi connectivity index (χ1v) is 7.86. The molecule has 0 aliphatic heterocycles. The Morgan fingerprint density at radius 1 is 1.09 bits per heavy atom. The van der Waals surface area contributed by atoms with Gasteiger partial charge in [-0.15, -0.1) is 0 Å². The molecular weight excluding hydrogens is 291 g/mol. The molecule has 0 unspecified atom stereocenters. The minimum atomic E-state index is -0.304. The van der Waals surface area contributed by atoms with Crippen LogP contribution in [0.1, 0.15) is 33.6 Å². The highest BCUT2D eigenvalue weighted by Gasteiger charge is 2.12. The maximum atomic E-state index is 13.2. The molecule has 1 aromatic heterocycles. The third kappa shape index (κ3) is 2.72. The van der Waals surface area contributed by atoms with Crippen LogP contribution in [0.5, 0.6) is 0 Å². The van der Waals surface area contributed by atoms with Crippen LogP contribution in [0.3, 0.4) is 0 Å². The molecule has 0 atom stereocenters. The minimum Gasteiger partial charge on any atom is -0.351 e. The van der Waals surface area contributed by atoms with Gasteiger partial charge >= 0.3 is 0 Å². The molecule has 0 radical (unpaired) electrons. The maximum Gasteiger partial charge on any atom is 0.267 e. The smallest absolute Gasteiger partial charge is 0.267 e. The molecule has 1 heterocycles. The molecule has 0 saturated heterocycles. The normalized spacial score (nSPS) is 13.3. The number of rotatable bonds is 3. The largest absolute Gasteiger partial charge is 0.351 e. The first-order chi connectivity index (χ1) is 11.2. The lowest BCUT2D eigenvalue weighted by Gasteiger charge is -2.06. The number of aryl methyl sites for hydroxylation is 2. The Labute approximate surface area is 133 Å². The van der Waals surface area contributed by atoms with E-state index in [0.717, 1.165) is 23.9 Å². The molecule has 0 bridgehead atoms. The Hall–Kier alpha value is -2.62. The standard InChI is InChI=1S/C19H17FN2O/c20-16-6-7-17-15(9-16)10-18(22-17)19(23)21-11-12-4-5-13-2-1-3-14(13)8-12/h4-10,22H,1-3,11H2,(H,21,23). The average Bonchev–Trinajstić information content (AvgIpc) is 3.17. The van der Waals surface area contributed by atoms with E-state index in [0.29, 0.717) is 17.6 Å². The van der Waals surface area contributed by atoms with Gasteiger partial charge in [-0.25, -0.2) is 4.39 Å². The third-order valence-corrected chi connectivity index (χ3v) is 4.44. The van der Waals surface area contributed by atoms with Crippen LogP contribution < -0.4 is 5.32 Å². The van der Waals surface area contributed by atoms with Gasteiger partial charge in [-0.05, 0) is 60.2 Å². The number of halogens is 1. The fourth-order valence-corrected chi connectivity index (χ4v) is 3.24. The van der Waals surface area contributed by atoms with Crippen LogP contribution in [0, 0.1) is 5.82 Å². The van der Waals surface area contributed by atoms with Gasteiger partial charge in [0.15, 0.2) is 0 Å². The summed E-state index contributed by atoms with van der Waals surface area (Å²) in [7, 11) is 0. The Bertz CT molecular complexity index is 898. The Balaban J connectivity index is 1.48. The number of benzene rings is 2. The highest BCUT2D eigenvalue weighted by Crippen LogP contribution is 2.23. The van der Waals surface area contributed by atoms with Crippen LogP contribution in [-0.2, 0) is 19.4 Å². The molecular formula is C19H17FN2O. The number of aromatic nitrogens is 1. The molecule has 116 valence electrons. The van der Waals surface area contributed by atoms with Crippen LogP contribution in [0.2, 0.25) is 0 Å². The number of hydrogen-bond acceptors (Lipinski definition) is 1. The van der Waals surface area contributed by atoms with Crippen molar-refractivity contribution < 1.29 is 9.18 Å². The monoisotopic (exact) mass is 308 g/mol. The highest BCUT2D eigenvalue weighted by atomic mass is 19.1. The van der Waals surface area contributed by atoms with Gasteiger partial charge in [0.25, 0.3) is 5.91 Å². The van der Waals surface area contributed by atoms with Crippen molar-refractivity contribution in [2.45, 2.75) is 25.8 Å². The zero-order valence-electron chi connectivity index (χ0n) is 12.7. The van der Waals surface area contributed by atoms with Crippen molar-refractivity contribution in [3.8, 4) is 0 Å². The Kier molecular flexibility index (Phi) is 3.37. The number of H-pyrrole nitrogens is 1. The zero-order chi connectivity index (χ0) is 15.8. The summed E-state index contributed by atoms with van der Waals surface area (Å²) in [6.45, 7) is 0.496. The van der Waals surface area contributed by atoms with E-state index in [1.807, 2.05) is 0 Å². The van der Waals surface area contributed by atoms with Crippen LogP contribution in [-0.4, -0.2) is 10.9 Å². The second-order valence-electron chi connectivity index (χ2n) is 6.05. The van der Waals surface area contributed by atoms with E-state index in [-0.39, 0.29) is 11.7 Å². The van der Waals surface area contributed by atoms with Gasteiger partial charge < -0.3 is 10.3 Å². The maximum absolute atomic E-state index is 13.2. The van der Waals surface area contributed by atoms with Gasteiger partial charge in [-0.1, -0.05) is 18.2 Å². The summed E-state index contributed by atoms with van der Waals surface area (Å²) in [6, 6.07) is 12.5. The molecule has 3 aromatic rings. The predicted molar refractivity (Wildman–Crippen MR) is 87.9 cm³/mol. The molecule has 2 aromatic carbocycles. The molecule has 0 spiro atoms. The van der Waals surface area contributed by atoms with Crippen molar-refractivity contribution in [2.24, 2.45) is 0 Å². The van der Waals surface area contributed by atoms with Crippen molar-refractivity contribution in [1.29, 1.82) is 0 Å². The highest BCUT2D eigenvalue weighted by molar-refractivity contribution is 5.97. The molecule has 1 amide bonds. The van der Waals surface area contributed by atoms with Gasteiger partial charge in [0.2, 0.25) is 0 Å². The zero-order valence-corrected chi connectivity index (χ0v) is 12.7. The summed E-state index contributed by atoms with van der Waals surface area (Å²) in [4.78, 5) is 15.3. The van der Waals surface area contributed by atoms with Crippen molar-refractivity contribution in [1.82, 2.24) is 10.3 Å². The second kappa shape index (κ2) is 5.54. The van der Waals surface area contributed by atoms with E-state index in [1.165, 1.54) is 29.7 Å². The SMILES string of the molecule is O=C(NCc1ccc2c(c1)CCC2)c1cc2cc(F)ccc2[nH]1. The van der Waals surface area contributed by atoms with E-state index in [2.05, 4.69) is 28.5 Å². The van der Waals surface area contributed by atoms with Gasteiger partial charge in [0, 0.05) is 17.4 Å². The van der Waals surface area contributed by atoms with E-state index >= 15 is 0 Å². The second-order valence-corrected chi connectivity index (χ2v) is 6.05. The van der Waals surface area contributed by atoms with Crippen molar-refractivity contribution in [3.05, 3.63) is 70.7 Å². The van der Waals surface area contributed by atoms with Gasteiger partial charge in [0.1, 0.15) is 11.5 Å². The lowest BCUT2D eigenvalue weighted by atomic mass is 10.1. The number of nitrogens with one attached hydrogen (secondary N) is 2. The van der Waals surface area contributed by atoms with Crippen LogP contribution in [0.4, 0.5) is 4.39 Å². The van der Waals surface area contributed by atoms with E-state index in [4.69, 9.17) is 0 Å². The topological polar surface area (TPSA) is 44.9 Å². The third-order valence-electron chi connectivity index (χ3n) is 4.44. The van der Waals surface area contributed by atoms with E-state index in [1.54, 1.807) is 12.1 Å². The fraction of sp³-hybridized carbons (Fsp3) is 0.211. The van der Waals surface area contributed by atoms with Crippen molar-refractivity contribution in [3.63, 3.8) is 0 Å². The van der Waals surface area contributed by atoms with Crippen LogP contribution in [0.25, 0.3) is 10.9 Å². The lowest BCUT2D eigenvalue weighted by molar-refractivity contribution is 0.0946. The minimum absolute atomic E-state index is 0.179. The molecule has 0 fully saturated rings. The molecule has 1 aliphatic carbocycles. The number of hydrogen-bond donors (Lipinski definition) is 2. The molecule has 4 heteroatoms. The summed E-state index contributed by atoms with van der Waals surface area (Å²) in [5.74, 6) is -0.483. The predicted octanol–water partition coefficient (Wildman–Crippen LogP) is 3.73. The van der Waals surface area contributed by atoms with Crippen molar-refractivity contribution in [2.75, 3.05) is 0 Å².